The molecule has 0 aliphatic carbocycles. The molecule has 1 rings (SSSR count). The number of aryl methyl sites for hydroxylation is 1. The fraction of sp³-hybridized carbons (Fsp3) is 0.632. The zero-order valence-corrected chi connectivity index (χ0v) is 17.5. The average Bonchev–Trinajstić information content (AvgIpc) is 2.64. The van der Waals surface area contributed by atoms with Crippen molar-refractivity contribution in [3.05, 3.63) is 28.8 Å². The van der Waals surface area contributed by atoms with Crippen molar-refractivity contribution in [3.63, 3.8) is 0 Å². The number of alkyl halides is 3. The second-order valence-corrected chi connectivity index (χ2v) is 6.79. The van der Waals surface area contributed by atoms with Crippen LogP contribution in [0.5, 0.6) is 5.75 Å². The number of nitrogens with two attached hydrogens (primary N) is 2. The second-order valence-electron chi connectivity index (χ2n) is 6.79. The Labute approximate surface area is 170 Å². The van der Waals surface area contributed by atoms with Crippen LogP contribution in [0, 0.1) is 6.92 Å². The minimum Gasteiger partial charge on any atom is -0.508 e. The molecule has 0 saturated carbocycles. The Morgan fingerprint density at radius 2 is 1.86 bits per heavy atom. The maximum absolute atomic E-state index is 12.8. The third-order valence-electron chi connectivity index (χ3n) is 4.35. The maximum atomic E-state index is 12.8. The molecule has 2 unspecified atom stereocenters. The largest absolute Gasteiger partial charge is 0.508 e. The lowest BCUT2D eigenvalue weighted by atomic mass is 9.98. The third kappa shape index (κ3) is 9.93. The monoisotopic (exact) mass is 421 g/mol. The first-order chi connectivity index (χ1) is 13.6. The predicted molar refractivity (Wildman–Crippen MR) is 108 cm³/mol. The Balaban J connectivity index is 0.00000379. The number of carbonyl (C=O) groups is 1. The van der Waals surface area contributed by atoms with Crippen LogP contribution in [0.2, 0.25) is 0 Å². The summed E-state index contributed by atoms with van der Waals surface area (Å²) < 4.78 is 38.4. The van der Waals surface area contributed by atoms with Crippen LogP contribution < -0.4 is 27.6 Å². The van der Waals surface area contributed by atoms with Crippen molar-refractivity contribution in [1.29, 1.82) is 0 Å². The third-order valence-corrected chi connectivity index (χ3v) is 4.35. The summed E-state index contributed by atoms with van der Waals surface area (Å²) in [5.74, 6) is 7.25. The quantitative estimate of drug-likeness (QED) is 0.195. The normalized spacial score (nSPS) is 13.3. The van der Waals surface area contributed by atoms with Crippen LogP contribution in [0.4, 0.5) is 13.2 Å². The van der Waals surface area contributed by atoms with Gasteiger partial charge in [-0.05, 0) is 64.4 Å². The molecule has 0 bridgehead atoms. The van der Waals surface area contributed by atoms with E-state index in [2.05, 4.69) is 27.6 Å². The van der Waals surface area contributed by atoms with Gasteiger partial charge in [0.15, 0.2) is 0 Å². The van der Waals surface area contributed by atoms with Gasteiger partial charge < -0.3 is 21.1 Å². The Hall–Kier alpha value is -1.88. The summed E-state index contributed by atoms with van der Waals surface area (Å²) in [5, 5.41) is 19.1. The number of nitrogens with one attached hydrogen (secondary N) is 3. The van der Waals surface area contributed by atoms with Crippen LogP contribution in [-0.2, 0) is 11.0 Å². The van der Waals surface area contributed by atoms with Crippen molar-refractivity contribution in [2.24, 2.45) is 11.7 Å². The van der Waals surface area contributed by atoms with E-state index >= 15 is 0 Å². The van der Waals surface area contributed by atoms with E-state index in [4.69, 9.17) is 0 Å². The number of benzene rings is 1. The Kier molecular flexibility index (Phi) is 12.5. The van der Waals surface area contributed by atoms with Crippen LogP contribution in [0.3, 0.4) is 0 Å². The maximum Gasteiger partial charge on any atom is 0.416 e. The summed E-state index contributed by atoms with van der Waals surface area (Å²) in [6.07, 6.45) is -2.60. The van der Waals surface area contributed by atoms with E-state index in [1.807, 2.05) is 13.8 Å². The highest BCUT2D eigenvalue weighted by Crippen LogP contribution is 2.36. The molecular weight excluding hydrogens is 387 g/mol. The molecule has 2 atom stereocenters. The van der Waals surface area contributed by atoms with Crippen molar-refractivity contribution in [2.75, 3.05) is 19.6 Å². The number of amides is 1. The van der Waals surface area contributed by atoms with Gasteiger partial charge in [-0.1, -0.05) is 6.92 Å². The van der Waals surface area contributed by atoms with Crippen molar-refractivity contribution in [2.45, 2.75) is 58.8 Å². The fourth-order valence-electron chi connectivity index (χ4n) is 2.95. The molecule has 0 aliphatic heterocycles. The molecule has 0 aromatic heterocycles. The lowest BCUT2D eigenvalue weighted by molar-refractivity contribution is -0.137. The summed E-state index contributed by atoms with van der Waals surface area (Å²) in [7, 11) is 0. The molecule has 0 saturated heterocycles. The van der Waals surface area contributed by atoms with Gasteiger partial charge in [0.1, 0.15) is 5.75 Å². The number of hydrogen-bond donors (Lipinski definition) is 6. The van der Waals surface area contributed by atoms with E-state index < -0.39 is 23.5 Å². The molecule has 1 amide bonds. The van der Waals surface area contributed by atoms with Gasteiger partial charge in [-0.2, -0.15) is 13.2 Å². The van der Waals surface area contributed by atoms with Crippen molar-refractivity contribution in [3.8, 4) is 5.75 Å². The molecule has 0 fully saturated rings. The van der Waals surface area contributed by atoms with Gasteiger partial charge in [0.25, 0.3) is 0 Å². The first kappa shape index (κ1) is 27.1. The van der Waals surface area contributed by atoms with Gasteiger partial charge in [-0.25, -0.2) is 0 Å². The second kappa shape index (κ2) is 13.4. The zero-order chi connectivity index (χ0) is 22.6. The van der Waals surface area contributed by atoms with Crippen molar-refractivity contribution >= 4 is 5.91 Å². The van der Waals surface area contributed by atoms with Gasteiger partial charge >= 0.3 is 6.18 Å². The minimum absolute atomic E-state index is 0.104. The molecule has 8 N–H and O–H groups in total. The van der Waals surface area contributed by atoms with Gasteiger partial charge in [-0.15, -0.1) is 0 Å². The molecular formula is C19H34F3N5O2. The summed E-state index contributed by atoms with van der Waals surface area (Å²) in [5.41, 5.74) is -0.345. The van der Waals surface area contributed by atoms with E-state index in [9.17, 15) is 23.1 Å². The molecule has 1 aromatic rings. The van der Waals surface area contributed by atoms with E-state index in [1.165, 1.54) is 6.92 Å². The van der Waals surface area contributed by atoms with Crippen LogP contribution in [0.25, 0.3) is 0 Å². The highest BCUT2D eigenvalue weighted by molar-refractivity contribution is 5.78. The number of halogens is 3. The number of hydrazine groups is 1. The van der Waals surface area contributed by atoms with E-state index in [-0.39, 0.29) is 29.6 Å². The summed E-state index contributed by atoms with van der Waals surface area (Å²) in [6.45, 7) is 9.12. The summed E-state index contributed by atoms with van der Waals surface area (Å²) >= 11 is 0. The summed E-state index contributed by atoms with van der Waals surface area (Å²) in [4.78, 5) is 12.1. The number of hydrogen-bond acceptors (Lipinski definition) is 6. The zero-order valence-electron chi connectivity index (χ0n) is 17.5. The molecule has 0 aliphatic rings. The average molecular weight is 422 g/mol. The molecule has 0 heterocycles. The van der Waals surface area contributed by atoms with Gasteiger partial charge in [0.05, 0.1) is 18.2 Å². The topological polar surface area (TPSA) is 125 Å². The Morgan fingerprint density at radius 1 is 1.24 bits per heavy atom. The van der Waals surface area contributed by atoms with E-state index in [0.29, 0.717) is 6.07 Å². The Morgan fingerprint density at radius 3 is 2.38 bits per heavy atom. The van der Waals surface area contributed by atoms with E-state index in [0.717, 1.165) is 32.0 Å². The highest BCUT2D eigenvalue weighted by atomic mass is 19.4. The molecule has 0 spiro atoms. The number of aromatic hydroxyl groups is 1. The van der Waals surface area contributed by atoms with Gasteiger partial charge in [0.2, 0.25) is 5.91 Å². The Bertz CT molecular complexity index is 603. The number of carbonyl (C=O) groups excluding carboxylic acids is 1. The lowest BCUT2D eigenvalue weighted by Crippen LogP contribution is -2.39. The van der Waals surface area contributed by atoms with Gasteiger partial charge in [-0.3, -0.25) is 16.5 Å². The van der Waals surface area contributed by atoms with Crippen LogP contribution in [-0.4, -0.2) is 36.7 Å². The van der Waals surface area contributed by atoms with Gasteiger partial charge in [0, 0.05) is 11.6 Å². The fourth-order valence-corrected chi connectivity index (χ4v) is 2.95. The highest BCUT2D eigenvalue weighted by Gasteiger charge is 2.32. The first-order valence-electron chi connectivity index (χ1n) is 9.53. The molecule has 1 aromatic carbocycles. The molecule has 29 heavy (non-hydrogen) atoms. The van der Waals surface area contributed by atoms with Crippen LogP contribution >= 0.6 is 0 Å². The molecule has 168 valence electrons. The predicted octanol–water partition coefficient (Wildman–Crippen LogP) is 2.08. The first-order valence-corrected chi connectivity index (χ1v) is 9.53. The van der Waals surface area contributed by atoms with Crippen LogP contribution in [0.1, 0.15) is 56.3 Å². The number of phenols is 1. The van der Waals surface area contributed by atoms with Crippen LogP contribution in [0.15, 0.2) is 12.1 Å². The van der Waals surface area contributed by atoms with Crippen molar-refractivity contribution < 1.29 is 23.1 Å². The summed E-state index contributed by atoms with van der Waals surface area (Å²) in [6, 6.07) is 1.23. The smallest absolute Gasteiger partial charge is 0.416 e. The molecule has 10 heteroatoms. The SMILES string of the molecule is CCNCCCC(C)NCC(=O)NC(C)c1c(C)cc(C(F)(F)F)cc1O.NN. The minimum atomic E-state index is -4.53. The lowest BCUT2D eigenvalue weighted by Gasteiger charge is -2.20. The molecule has 0 radical (unpaired) electrons. The number of phenolic OH excluding ortho intramolecular Hbond substituents is 1. The number of rotatable bonds is 10. The van der Waals surface area contributed by atoms with E-state index in [1.54, 1.807) is 6.92 Å². The van der Waals surface area contributed by atoms with Crippen molar-refractivity contribution in [1.82, 2.24) is 16.0 Å². The standard InChI is InChI=1S/C19H30F3N3O2.H4N2/c1-5-23-8-6-7-13(3)24-11-17(27)25-14(4)18-12(2)9-15(10-16(18)26)19(20,21)22;1-2/h9-10,13-14,23-24,26H,5-8,11H2,1-4H3,(H,25,27);1-2H2. The molecule has 7 nitrogen and oxygen atoms in total.